The number of alkyl halides is 2. The van der Waals surface area contributed by atoms with Crippen LogP contribution < -0.4 is 26.5 Å². The summed E-state index contributed by atoms with van der Waals surface area (Å²) in [6.45, 7) is -6.56. The van der Waals surface area contributed by atoms with Crippen LogP contribution in [0.1, 0.15) is 28.4 Å². The van der Waals surface area contributed by atoms with E-state index < -0.39 is 88.2 Å². The number of carbonyl (C=O) groups excluding carboxylic acids is 1. The minimum Gasteiger partial charge on any atom is -0.497 e. The molecule has 26 heteroatoms. The van der Waals surface area contributed by atoms with E-state index in [0.29, 0.717) is 27.3 Å². The number of phosphoric acid groups is 1. The first-order chi connectivity index (χ1) is 28.7. The van der Waals surface area contributed by atoms with Crippen molar-refractivity contribution < 1.29 is 64.6 Å². The highest BCUT2D eigenvalue weighted by Crippen LogP contribution is 2.64. The average molecular weight is 898 g/mol. The van der Waals surface area contributed by atoms with Gasteiger partial charge in [0.15, 0.2) is 36.3 Å². The van der Waals surface area contributed by atoms with Gasteiger partial charge in [0.05, 0.1) is 32.2 Å². The van der Waals surface area contributed by atoms with Gasteiger partial charge in [-0.05, 0) is 53.3 Å². The monoisotopic (exact) mass is 897 g/mol. The van der Waals surface area contributed by atoms with Gasteiger partial charge in [-0.3, -0.25) is 37.0 Å². The number of nitrogens with two attached hydrogens (primary N) is 1. The molecule has 4 N–H and O–H groups in total. The highest BCUT2D eigenvalue weighted by molar-refractivity contribution is 8.54. The normalized spacial score (nSPS) is 28.9. The molecule has 0 bridgehead atoms. The summed E-state index contributed by atoms with van der Waals surface area (Å²) < 4.78 is 107. The molecular formula is C34H35F2N7O14P2S. The second kappa shape index (κ2) is 18.0. The van der Waals surface area contributed by atoms with E-state index in [1.807, 2.05) is 4.98 Å². The summed E-state index contributed by atoms with van der Waals surface area (Å²) in [6, 6.07) is 13.2. The van der Waals surface area contributed by atoms with Crippen LogP contribution in [0.25, 0.3) is 11.2 Å². The second-order valence-electron chi connectivity index (χ2n) is 12.9. The number of nitrogens with zero attached hydrogens (tertiary/aromatic N) is 5. The zero-order chi connectivity index (χ0) is 42.8. The number of hydrogen-bond acceptors (Lipinski definition) is 18. The summed E-state index contributed by atoms with van der Waals surface area (Å²) in [7, 11) is -2.79. The van der Waals surface area contributed by atoms with Gasteiger partial charge < -0.3 is 29.6 Å². The number of rotatable bonds is 9. The number of nitrogen functional groups attached to an aromatic ring is 1. The number of halogens is 2. The summed E-state index contributed by atoms with van der Waals surface area (Å²) in [6.07, 6.45) is -11.1. The number of phosphoric ester groups is 1. The summed E-state index contributed by atoms with van der Waals surface area (Å²) in [5, 5.41) is 0. The van der Waals surface area contributed by atoms with E-state index in [2.05, 4.69) is 15.0 Å². The fourth-order valence-corrected chi connectivity index (χ4v) is 10.3. The third-order valence-electron chi connectivity index (χ3n) is 9.12. The number of hydrogen-bond donors (Lipinski definition) is 3. The first-order valence-electron chi connectivity index (χ1n) is 17.6. The molecule has 5 heterocycles. The topological polar surface area (TPSA) is 270 Å². The van der Waals surface area contributed by atoms with Crippen molar-refractivity contribution in [2.75, 3.05) is 33.2 Å². The van der Waals surface area contributed by atoms with E-state index in [9.17, 15) is 28.4 Å². The molecule has 320 valence electrons. The highest BCUT2D eigenvalue weighted by Gasteiger charge is 2.52. The van der Waals surface area contributed by atoms with Gasteiger partial charge in [-0.25, -0.2) is 42.5 Å². The Morgan fingerprint density at radius 2 is 1.68 bits per heavy atom. The lowest BCUT2D eigenvalue weighted by Gasteiger charge is -2.29. The Labute approximate surface area is 340 Å². The molecule has 0 aliphatic carbocycles. The summed E-state index contributed by atoms with van der Waals surface area (Å²) >= 11 is 0.550. The van der Waals surface area contributed by atoms with Crippen molar-refractivity contribution in [2.45, 2.75) is 48.9 Å². The number of ether oxygens (including phenoxy) is 4. The van der Waals surface area contributed by atoms with Crippen LogP contribution in [0.4, 0.5) is 14.6 Å². The second-order valence-corrected chi connectivity index (χ2v) is 18.4. The summed E-state index contributed by atoms with van der Waals surface area (Å²) in [4.78, 5) is 61.9. The number of anilines is 1. The molecule has 9 atom stereocenters. The molecule has 2 saturated heterocycles. The van der Waals surface area contributed by atoms with Crippen molar-refractivity contribution >= 4 is 49.0 Å². The van der Waals surface area contributed by atoms with Crippen molar-refractivity contribution in [3.05, 3.63) is 105 Å². The van der Waals surface area contributed by atoms with Gasteiger partial charge in [0.1, 0.15) is 41.7 Å². The first kappa shape index (κ1) is 43.2. The minimum absolute atomic E-state index is 0.00687. The zero-order valence-corrected chi connectivity index (χ0v) is 33.8. The van der Waals surface area contributed by atoms with Gasteiger partial charge in [0.2, 0.25) is 0 Å². The van der Waals surface area contributed by atoms with Crippen LogP contribution in [0, 0.1) is 0 Å². The van der Waals surface area contributed by atoms with E-state index in [-0.39, 0.29) is 34.0 Å². The van der Waals surface area contributed by atoms with E-state index in [1.54, 1.807) is 24.3 Å². The van der Waals surface area contributed by atoms with Crippen LogP contribution in [0.15, 0.2) is 83.0 Å². The standard InChI is InChI=1S/C34H35F2N7O14P2S/c1-50-20-9-5-19(6-10-20)33(45)54-21-7-3-18(4-8-21)15-60-59(49)53-13-22(51-2)25(35)32(43-17-40-27-29(37)38-16-39-30(27)43)57-58(47,48)52-14-23-28(56-59)26(36)31(55-23)42-12-11-24(44)41-34(42)46/h3-12,16-17,22-23,25-26,28,31-32H,13-15H2,1-2H3,(H,47,48)(H2,37,38,39)(H,41,44,46)/t22-,23-,25-,26-,28-,31-,32-,59?/m1/s1. The molecule has 60 heavy (non-hydrogen) atoms. The SMILES string of the molecule is COc1ccc(C(=O)Oc2ccc(CSP3(=O)OC[C@@H](OC)[C@@H](F)[C@H](n4cnc5c(N)ncnc54)OP(=O)(O)OC[C@H]4O[C@@H](n5ccc(=O)[nH]c5=O)[C@H](F)[C@@H]4O3)cc2)cc1. The molecule has 0 amide bonds. The van der Waals surface area contributed by atoms with Gasteiger partial charge in [-0.15, -0.1) is 0 Å². The van der Waals surface area contributed by atoms with Crippen LogP contribution in [0.3, 0.4) is 0 Å². The Morgan fingerprint density at radius 1 is 0.950 bits per heavy atom. The van der Waals surface area contributed by atoms with Crippen LogP contribution in [-0.2, 0) is 42.5 Å². The Bertz CT molecular complexity index is 2550. The maximum absolute atomic E-state index is 16.6. The molecule has 2 aliphatic rings. The molecular weight excluding hydrogens is 862 g/mol. The van der Waals surface area contributed by atoms with Gasteiger partial charge in [-0.1, -0.05) is 12.1 Å². The molecule has 0 radical (unpaired) electrons. The van der Waals surface area contributed by atoms with Gasteiger partial charge in [-0.2, -0.15) is 0 Å². The molecule has 7 rings (SSSR count). The number of benzene rings is 2. The maximum atomic E-state index is 16.6. The zero-order valence-electron chi connectivity index (χ0n) is 31.2. The summed E-state index contributed by atoms with van der Waals surface area (Å²) in [5.74, 6) is -0.161. The number of carbonyl (C=O) groups is 1. The lowest BCUT2D eigenvalue weighted by Crippen LogP contribution is -2.37. The third-order valence-corrected chi connectivity index (χ3v) is 13.7. The van der Waals surface area contributed by atoms with Crippen LogP contribution >= 0.6 is 26.0 Å². The minimum atomic E-state index is -5.35. The van der Waals surface area contributed by atoms with Crippen molar-refractivity contribution in [2.24, 2.45) is 0 Å². The number of nitrogens with one attached hydrogen (secondary N) is 1. The van der Waals surface area contributed by atoms with Gasteiger partial charge in [0, 0.05) is 25.1 Å². The predicted molar refractivity (Wildman–Crippen MR) is 206 cm³/mol. The van der Waals surface area contributed by atoms with Crippen LogP contribution in [0.2, 0.25) is 0 Å². The third kappa shape index (κ3) is 9.52. The van der Waals surface area contributed by atoms with Crippen molar-refractivity contribution in [1.29, 1.82) is 0 Å². The van der Waals surface area contributed by atoms with E-state index in [4.69, 9.17) is 42.8 Å². The molecule has 2 aromatic carbocycles. The Morgan fingerprint density at radius 3 is 2.38 bits per heavy atom. The highest BCUT2D eigenvalue weighted by atomic mass is 32.7. The Kier molecular flexibility index (Phi) is 13.0. The fraction of sp³-hybridized carbons (Fsp3) is 0.353. The number of fused-ring (bicyclic) bond motifs is 2. The molecule has 0 spiro atoms. The van der Waals surface area contributed by atoms with Crippen LogP contribution in [-0.4, -0.2) is 98.0 Å². The van der Waals surface area contributed by atoms with Gasteiger partial charge in [0.25, 0.3) is 5.56 Å². The molecule has 5 aromatic rings. The quantitative estimate of drug-likeness (QED) is 0.108. The van der Waals surface area contributed by atoms with E-state index in [1.165, 1.54) is 31.4 Å². The smallest absolute Gasteiger partial charge is 0.474 e. The van der Waals surface area contributed by atoms with E-state index >= 15 is 8.78 Å². The lowest BCUT2D eigenvalue weighted by atomic mass is 10.1. The number of H-pyrrole nitrogens is 1. The molecule has 0 saturated carbocycles. The fourth-order valence-electron chi connectivity index (χ4n) is 6.04. The lowest BCUT2D eigenvalue weighted by molar-refractivity contribution is -0.0786. The molecule has 2 aliphatic heterocycles. The number of methoxy groups -OCH3 is 2. The molecule has 3 aromatic heterocycles. The molecule has 2 unspecified atom stereocenters. The Hall–Kier alpha value is -4.87. The largest absolute Gasteiger partial charge is 0.497 e. The van der Waals surface area contributed by atoms with Crippen molar-refractivity contribution in [1.82, 2.24) is 29.1 Å². The maximum Gasteiger partial charge on any atom is 0.474 e. The van der Waals surface area contributed by atoms with Gasteiger partial charge >= 0.3 is 26.3 Å². The number of imidazole rings is 1. The summed E-state index contributed by atoms with van der Waals surface area (Å²) in [5.41, 5.74) is 4.65. The molecule has 2 fully saturated rings. The number of esters is 1. The van der Waals surface area contributed by atoms with Crippen LogP contribution in [0.5, 0.6) is 11.5 Å². The van der Waals surface area contributed by atoms with Crippen molar-refractivity contribution in [3.8, 4) is 11.5 Å². The average Bonchev–Trinajstić information content (AvgIpc) is 3.80. The van der Waals surface area contributed by atoms with E-state index in [0.717, 1.165) is 36.6 Å². The number of aromatic amines is 1. The number of aromatic nitrogens is 6. The van der Waals surface area contributed by atoms with Crippen molar-refractivity contribution in [3.63, 3.8) is 0 Å². The molecule has 21 nitrogen and oxygen atoms in total. The first-order valence-corrected chi connectivity index (χ1v) is 22.2. The Balaban J connectivity index is 1.18. The predicted octanol–water partition coefficient (Wildman–Crippen LogP) is 3.86.